The molecule has 0 bridgehead atoms. The molecule has 1 unspecified atom stereocenters. The molecule has 1 saturated carbocycles. The molecule has 1 aliphatic heterocycles. The molecule has 0 aromatic heterocycles. The molecule has 6 heteroatoms. The van der Waals surface area contributed by atoms with Gasteiger partial charge in [0, 0.05) is 31.6 Å². The number of likely N-dealkylation sites (tertiary alicyclic amines) is 1. The molecule has 1 atom stereocenters. The van der Waals surface area contributed by atoms with E-state index in [1.54, 1.807) is 0 Å². The van der Waals surface area contributed by atoms with Crippen LogP contribution in [-0.2, 0) is 14.3 Å². The lowest BCUT2D eigenvalue weighted by atomic mass is 10.1. The summed E-state index contributed by atoms with van der Waals surface area (Å²) in [5.74, 6) is 0.503. The molecule has 2 fully saturated rings. The number of methoxy groups -OCH3 is 1. The predicted molar refractivity (Wildman–Crippen MR) is 129 cm³/mol. The van der Waals surface area contributed by atoms with E-state index in [0.717, 1.165) is 61.3 Å². The van der Waals surface area contributed by atoms with Crippen LogP contribution in [0.2, 0.25) is 0 Å². The van der Waals surface area contributed by atoms with E-state index in [1.165, 1.54) is 20.0 Å². The Morgan fingerprint density at radius 2 is 1.91 bits per heavy atom. The number of unbranched alkanes of at least 4 members (excludes halogenated alkanes) is 2. The fourth-order valence-corrected chi connectivity index (χ4v) is 4.38. The number of ether oxygens (including phenoxy) is 2. The Bertz CT molecular complexity index is 999. The van der Waals surface area contributed by atoms with E-state index in [4.69, 9.17) is 9.47 Å². The Labute approximate surface area is 195 Å². The van der Waals surface area contributed by atoms with Gasteiger partial charge in [-0.2, -0.15) is 0 Å². The highest BCUT2D eigenvalue weighted by Crippen LogP contribution is 2.30. The van der Waals surface area contributed by atoms with Crippen molar-refractivity contribution in [2.45, 2.75) is 57.0 Å². The molecule has 0 radical (unpaired) electrons. The maximum atomic E-state index is 13.1. The fourth-order valence-electron chi connectivity index (χ4n) is 4.38. The Morgan fingerprint density at radius 1 is 1.09 bits per heavy atom. The second kappa shape index (κ2) is 11.3. The summed E-state index contributed by atoms with van der Waals surface area (Å²) in [6.45, 7) is 2.23. The zero-order valence-corrected chi connectivity index (χ0v) is 19.4. The summed E-state index contributed by atoms with van der Waals surface area (Å²) >= 11 is 0. The summed E-state index contributed by atoms with van der Waals surface area (Å²) in [6, 6.07) is 15.1. The van der Waals surface area contributed by atoms with Gasteiger partial charge in [0.05, 0.1) is 12.7 Å². The average molecular weight is 451 g/mol. The van der Waals surface area contributed by atoms with Crippen molar-refractivity contribution in [1.82, 2.24) is 10.2 Å². The third-order valence-electron chi connectivity index (χ3n) is 6.48. The summed E-state index contributed by atoms with van der Waals surface area (Å²) in [4.78, 5) is 26.9. The average Bonchev–Trinajstić information content (AvgIpc) is 3.59. The number of carbonyl (C=O) groups is 2. The maximum absolute atomic E-state index is 13.1. The third-order valence-corrected chi connectivity index (χ3v) is 6.48. The molecule has 2 aliphatic rings. The Balaban J connectivity index is 1.35. The van der Waals surface area contributed by atoms with Crippen molar-refractivity contribution in [3.63, 3.8) is 0 Å². The van der Waals surface area contributed by atoms with E-state index in [9.17, 15) is 9.59 Å². The Morgan fingerprint density at radius 3 is 2.70 bits per heavy atom. The number of allylic oxidation sites excluding steroid dienone is 1. The van der Waals surface area contributed by atoms with Gasteiger partial charge in [-0.15, -0.1) is 0 Å². The van der Waals surface area contributed by atoms with Crippen LogP contribution in [0.25, 0.3) is 10.8 Å². The van der Waals surface area contributed by atoms with E-state index in [1.807, 2.05) is 36.4 Å². The van der Waals surface area contributed by atoms with Gasteiger partial charge in [0.2, 0.25) is 0 Å². The van der Waals surface area contributed by atoms with Crippen molar-refractivity contribution >= 4 is 22.6 Å². The van der Waals surface area contributed by atoms with Crippen molar-refractivity contribution in [2.24, 2.45) is 0 Å². The van der Waals surface area contributed by atoms with Gasteiger partial charge in [-0.25, -0.2) is 0 Å². The van der Waals surface area contributed by atoms with Crippen LogP contribution in [0, 0.1) is 0 Å². The molecule has 1 amide bonds. The number of esters is 1. The quantitative estimate of drug-likeness (QED) is 0.315. The van der Waals surface area contributed by atoms with E-state index < -0.39 is 0 Å². The highest BCUT2D eigenvalue weighted by atomic mass is 16.5. The number of hydrogen-bond acceptors (Lipinski definition) is 5. The lowest BCUT2D eigenvalue weighted by molar-refractivity contribution is -0.140. The first kappa shape index (κ1) is 23.3. The van der Waals surface area contributed by atoms with E-state index in [2.05, 4.69) is 22.3 Å². The highest BCUT2D eigenvalue weighted by Gasteiger charge is 2.35. The van der Waals surface area contributed by atoms with Crippen molar-refractivity contribution < 1.29 is 19.1 Å². The van der Waals surface area contributed by atoms with Gasteiger partial charge in [-0.05, 0) is 61.4 Å². The molecular weight excluding hydrogens is 416 g/mol. The van der Waals surface area contributed by atoms with Crippen molar-refractivity contribution in [1.29, 1.82) is 0 Å². The molecular formula is C27H34N2O4. The second-order valence-corrected chi connectivity index (χ2v) is 9.03. The summed E-state index contributed by atoms with van der Waals surface area (Å²) < 4.78 is 10.7. The van der Waals surface area contributed by atoms with E-state index >= 15 is 0 Å². The van der Waals surface area contributed by atoms with Gasteiger partial charge >= 0.3 is 5.97 Å². The standard InChI is InChI=1S/C27H34N2O4/c1-32-26(30)10-4-2-3-9-22(27(31)28-23-15-16-29(18-23)24-12-13-24)19-33-25-14-11-20-7-5-6-8-21(20)17-25/h5-9,11,14,17,23-24H,2-4,10,12-13,15-16,18-19H2,1H3,(H,28,31). The molecule has 1 N–H and O–H groups in total. The SMILES string of the molecule is COC(=O)CCCCC=C(COc1ccc2ccccc2c1)C(=O)NC1CCN(C2CC2)C1. The summed E-state index contributed by atoms with van der Waals surface area (Å²) in [6.07, 6.45) is 8.22. The summed E-state index contributed by atoms with van der Waals surface area (Å²) in [7, 11) is 1.40. The number of carbonyl (C=O) groups excluding carboxylic acids is 2. The molecule has 33 heavy (non-hydrogen) atoms. The normalized spacial score (nSPS) is 18.9. The van der Waals surface area contributed by atoms with Gasteiger partial charge < -0.3 is 14.8 Å². The number of nitrogens with one attached hydrogen (secondary N) is 1. The van der Waals surface area contributed by atoms with Gasteiger partial charge in [-0.3, -0.25) is 14.5 Å². The second-order valence-electron chi connectivity index (χ2n) is 9.03. The molecule has 2 aromatic carbocycles. The van der Waals surface area contributed by atoms with Crippen molar-refractivity contribution in [2.75, 3.05) is 26.8 Å². The topological polar surface area (TPSA) is 67.9 Å². The molecule has 2 aromatic rings. The van der Waals surface area contributed by atoms with Crippen LogP contribution >= 0.6 is 0 Å². The van der Waals surface area contributed by atoms with Crippen LogP contribution in [0.1, 0.15) is 44.9 Å². The first-order valence-electron chi connectivity index (χ1n) is 12.0. The molecule has 4 rings (SSSR count). The summed E-state index contributed by atoms with van der Waals surface area (Å²) in [5.41, 5.74) is 0.645. The minimum absolute atomic E-state index is 0.0496. The molecule has 0 spiro atoms. The minimum Gasteiger partial charge on any atom is -0.489 e. The van der Waals surface area contributed by atoms with Crippen LogP contribution in [0.3, 0.4) is 0 Å². The molecule has 1 heterocycles. The lowest BCUT2D eigenvalue weighted by Crippen LogP contribution is -2.39. The van der Waals surface area contributed by atoms with E-state index in [0.29, 0.717) is 12.0 Å². The van der Waals surface area contributed by atoms with Gasteiger partial charge in [0.1, 0.15) is 12.4 Å². The molecule has 1 saturated heterocycles. The Kier molecular flexibility index (Phi) is 8.00. The van der Waals surface area contributed by atoms with Gasteiger partial charge in [-0.1, -0.05) is 36.4 Å². The first-order valence-corrected chi connectivity index (χ1v) is 12.0. The number of nitrogens with zero attached hydrogens (tertiary/aromatic N) is 1. The predicted octanol–water partition coefficient (Wildman–Crippen LogP) is 4.23. The third kappa shape index (κ3) is 6.81. The number of benzene rings is 2. The fraction of sp³-hybridized carbons (Fsp3) is 0.481. The lowest BCUT2D eigenvalue weighted by Gasteiger charge is -2.17. The van der Waals surface area contributed by atoms with Gasteiger partial charge in [0.25, 0.3) is 5.91 Å². The first-order chi connectivity index (χ1) is 16.1. The maximum Gasteiger partial charge on any atom is 0.305 e. The van der Waals surface area contributed by atoms with Crippen LogP contribution < -0.4 is 10.1 Å². The molecule has 176 valence electrons. The van der Waals surface area contributed by atoms with Crippen molar-refractivity contribution in [3.8, 4) is 5.75 Å². The largest absolute Gasteiger partial charge is 0.489 e. The smallest absolute Gasteiger partial charge is 0.305 e. The number of rotatable bonds is 11. The molecule has 1 aliphatic carbocycles. The summed E-state index contributed by atoms with van der Waals surface area (Å²) in [5, 5.41) is 5.49. The van der Waals surface area contributed by atoms with E-state index in [-0.39, 0.29) is 24.5 Å². The monoisotopic (exact) mass is 450 g/mol. The minimum atomic E-state index is -0.196. The number of amides is 1. The van der Waals surface area contributed by atoms with Gasteiger partial charge in [0.15, 0.2) is 0 Å². The number of fused-ring (bicyclic) bond motifs is 1. The number of hydrogen-bond donors (Lipinski definition) is 1. The zero-order valence-electron chi connectivity index (χ0n) is 19.4. The highest BCUT2D eigenvalue weighted by molar-refractivity contribution is 5.94. The Hall–Kier alpha value is -2.86. The van der Waals surface area contributed by atoms with Crippen LogP contribution in [0.5, 0.6) is 5.75 Å². The van der Waals surface area contributed by atoms with Crippen LogP contribution in [-0.4, -0.2) is 55.7 Å². The molecule has 6 nitrogen and oxygen atoms in total. The van der Waals surface area contributed by atoms with Crippen LogP contribution in [0.15, 0.2) is 54.1 Å². The zero-order chi connectivity index (χ0) is 23.0. The van der Waals surface area contributed by atoms with Crippen LogP contribution in [0.4, 0.5) is 0 Å². The van der Waals surface area contributed by atoms with Crippen molar-refractivity contribution in [3.05, 3.63) is 54.1 Å².